The number of rotatable bonds is 4. The van der Waals surface area contributed by atoms with E-state index in [0.717, 1.165) is 18.0 Å². The number of piperazine rings is 1. The molecule has 3 aromatic rings. The molecule has 0 radical (unpaired) electrons. The molecule has 0 saturated carbocycles. The molecular formula is C21H19ClF3N5O2. The first kappa shape index (κ1) is 21.9. The summed E-state index contributed by atoms with van der Waals surface area (Å²) in [5.74, 6) is 0.610. The predicted octanol–water partition coefficient (Wildman–Crippen LogP) is 3.91. The van der Waals surface area contributed by atoms with Crippen LogP contribution in [0.1, 0.15) is 16.1 Å². The summed E-state index contributed by atoms with van der Waals surface area (Å²) in [5.41, 5.74) is -0.580. The van der Waals surface area contributed by atoms with Gasteiger partial charge in [0.05, 0.1) is 29.6 Å². The van der Waals surface area contributed by atoms with Crippen molar-refractivity contribution in [3.63, 3.8) is 0 Å². The highest BCUT2D eigenvalue weighted by molar-refractivity contribution is 6.30. The number of ether oxygens (including phenoxy) is 1. The molecule has 168 valence electrons. The van der Waals surface area contributed by atoms with Crippen LogP contribution in [-0.4, -0.2) is 58.9 Å². The molecule has 1 aliphatic heterocycles. The van der Waals surface area contributed by atoms with Gasteiger partial charge in [0.2, 0.25) is 0 Å². The van der Waals surface area contributed by atoms with Gasteiger partial charge in [-0.05, 0) is 30.3 Å². The second kappa shape index (κ2) is 8.70. The number of methoxy groups -OCH3 is 1. The summed E-state index contributed by atoms with van der Waals surface area (Å²) in [6.45, 7) is 2.00. The number of hydrogen-bond acceptors (Lipinski definition) is 5. The van der Waals surface area contributed by atoms with E-state index in [1.165, 1.54) is 30.1 Å². The zero-order valence-corrected chi connectivity index (χ0v) is 17.8. The lowest BCUT2D eigenvalue weighted by atomic mass is 10.2. The summed E-state index contributed by atoms with van der Waals surface area (Å²) in [6, 6.07) is 8.29. The number of pyridine rings is 1. The van der Waals surface area contributed by atoms with Crippen LogP contribution in [0.4, 0.5) is 19.0 Å². The predicted molar refractivity (Wildman–Crippen MR) is 112 cm³/mol. The Balaban J connectivity index is 1.51. The minimum atomic E-state index is -4.48. The van der Waals surface area contributed by atoms with Gasteiger partial charge in [0.25, 0.3) is 5.91 Å². The lowest BCUT2D eigenvalue weighted by molar-refractivity contribution is -0.137. The highest BCUT2D eigenvalue weighted by Gasteiger charge is 2.31. The molecule has 0 spiro atoms. The van der Waals surface area contributed by atoms with Crippen molar-refractivity contribution in [2.75, 3.05) is 38.2 Å². The van der Waals surface area contributed by atoms with E-state index in [1.807, 2.05) is 11.0 Å². The minimum Gasteiger partial charge on any atom is -0.493 e. The Labute approximate surface area is 187 Å². The topological polar surface area (TPSA) is 63.5 Å². The number of alkyl halides is 3. The Morgan fingerprint density at radius 2 is 1.88 bits per heavy atom. The van der Waals surface area contributed by atoms with E-state index in [9.17, 15) is 18.0 Å². The third-order valence-corrected chi connectivity index (χ3v) is 5.37. The summed E-state index contributed by atoms with van der Waals surface area (Å²) >= 11 is 5.88. The van der Waals surface area contributed by atoms with Crippen molar-refractivity contribution in [3.05, 3.63) is 65.1 Å². The van der Waals surface area contributed by atoms with Crippen LogP contribution in [0.25, 0.3) is 5.69 Å². The molecular weight excluding hydrogens is 447 g/mol. The summed E-state index contributed by atoms with van der Waals surface area (Å²) in [7, 11) is 1.38. The van der Waals surface area contributed by atoms with Gasteiger partial charge >= 0.3 is 6.18 Å². The van der Waals surface area contributed by atoms with Crippen molar-refractivity contribution in [2.45, 2.75) is 6.18 Å². The highest BCUT2D eigenvalue weighted by atomic mass is 35.5. The molecule has 2 aromatic heterocycles. The molecule has 1 aromatic carbocycles. The number of carbonyl (C=O) groups excluding carboxylic acids is 1. The third-order valence-electron chi connectivity index (χ3n) is 5.14. The van der Waals surface area contributed by atoms with E-state index >= 15 is 0 Å². The molecule has 7 nitrogen and oxygen atoms in total. The van der Waals surface area contributed by atoms with Crippen LogP contribution in [0.15, 0.2) is 48.8 Å². The van der Waals surface area contributed by atoms with Crippen molar-refractivity contribution < 1.29 is 22.7 Å². The molecule has 1 aliphatic rings. The lowest BCUT2D eigenvalue weighted by Gasteiger charge is -2.35. The van der Waals surface area contributed by atoms with Gasteiger partial charge in [-0.1, -0.05) is 17.7 Å². The first-order valence-corrected chi connectivity index (χ1v) is 10.1. The quantitative estimate of drug-likeness (QED) is 0.584. The Morgan fingerprint density at radius 3 is 2.50 bits per heavy atom. The molecule has 4 rings (SSSR count). The zero-order valence-electron chi connectivity index (χ0n) is 17.0. The molecule has 11 heteroatoms. The Hall–Kier alpha value is -3.27. The summed E-state index contributed by atoms with van der Waals surface area (Å²) in [6.07, 6.45) is -1.51. The number of hydrogen-bond donors (Lipinski definition) is 0. The normalized spacial score (nSPS) is 14.5. The van der Waals surface area contributed by atoms with E-state index < -0.39 is 11.7 Å². The van der Waals surface area contributed by atoms with E-state index in [2.05, 4.69) is 10.1 Å². The number of benzene rings is 1. The van der Waals surface area contributed by atoms with Gasteiger partial charge in [0.1, 0.15) is 5.82 Å². The molecule has 32 heavy (non-hydrogen) atoms. The summed E-state index contributed by atoms with van der Waals surface area (Å²) in [5, 5.41) is 4.78. The van der Waals surface area contributed by atoms with Gasteiger partial charge in [-0.2, -0.15) is 18.3 Å². The number of carbonyl (C=O) groups is 1. The summed E-state index contributed by atoms with van der Waals surface area (Å²) in [4.78, 5) is 21.0. The molecule has 0 unspecified atom stereocenters. The van der Waals surface area contributed by atoms with Crippen LogP contribution in [0.2, 0.25) is 5.02 Å². The van der Waals surface area contributed by atoms with Gasteiger partial charge < -0.3 is 14.5 Å². The minimum absolute atomic E-state index is 0.0444. The average molecular weight is 466 g/mol. The number of amides is 1. The maximum absolute atomic E-state index is 13.1. The van der Waals surface area contributed by atoms with Crippen LogP contribution < -0.4 is 9.64 Å². The van der Waals surface area contributed by atoms with Crippen molar-refractivity contribution in [2.24, 2.45) is 0 Å². The monoisotopic (exact) mass is 465 g/mol. The number of aromatic nitrogens is 3. The van der Waals surface area contributed by atoms with E-state index in [1.54, 1.807) is 17.2 Å². The zero-order chi connectivity index (χ0) is 22.9. The van der Waals surface area contributed by atoms with Crippen LogP contribution in [0, 0.1) is 0 Å². The van der Waals surface area contributed by atoms with Gasteiger partial charge in [0.15, 0.2) is 11.4 Å². The molecule has 1 fully saturated rings. The second-order valence-corrected chi connectivity index (χ2v) is 7.59. The van der Waals surface area contributed by atoms with Gasteiger partial charge in [0, 0.05) is 32.4 Å². The van der Waals surface area contributed by atoms with Gasteiger partial charge in [-0.3, -0.25) is 4.79 Å². The fourth-order valence-electron chi connectivity index (χ4n) is 3.46. The highest BCUT2D eigenvalue weighted by Crippen LogP contribution is 2.31. The fraction of sp³-hybridized carbons (Fsp3) is 0.286. The standard InChI is InChI=1S/C21H19ClF3N5O2/c1-32-17-13-30(16-4-2-3-14(11-16)21(23,24)25)27-19(17)20(31)29-9-7-28(8-10-29)18-6-5-15(22)12-26-18/h2-6,11-13H,7-10H2,1H3. The first-order valence-electron chi connectivity index (χ1n) is 9.73. The van der Waals surface area contributed by atoms with Crippen molar-refractivity contribution in [1.29, 1.82) is 0 Å². The maximum atomic E-state index is 13.1. The van der Waals surface area contributed by atoms with Crippen molar-refractivity contribution in [3.8, 4) is 11.4 Å². The fourth-order valence-corrected chi connectivity index (χ4v) is 3.57. The number of nitrogens with zero attached hydrogens (tertiary/aromatic N) is 5. The first-order chi connectivity index (χ1) is 15.3. The SMILES string of the molecule is COc1cn(-c2cccc(C(F)(F)F)c2)nc1C(=O)N1CCN(c2ccc(Cl)cn2)CC1. The van der Waals surface area contributed by atoms with E-state index in [0.29, 0.717) is 31.2 Å². The molecule has 1 saturated heterocycles. The average Bonchev–Trinajstić information content (AvgIpc) is 3.23. The van der Waals surface area contributed by atoms with Crippen LogP contribution in [0.5, 0.6) is 5.75 Å². The van der Waals surface area contributed by atoms with E-state index in [4.69, 9.17) is 16.3 Å². The smallest absolute Gasteiger partial charge is 0.416 e. The van der Waals surface area contributed by atoms with Gasteiger partial charge in [-0.25, -0.2) is 9.67 Å². The molecule has 0 atom stereocenters. The molecule has 3 heterocycles. The van der Waals surface area contributed by atoms with Crippen LogP contribution in [-0.2, 0) is 6.18 Å². The van der Waals surface area contributed by atoms with Crippen molar-refractivity contribution >= 4 is 23.3 Å². The molecule has 0 N–H and O–H groups in total. The molecule has 1 amide bonds. The third kappa shape index (κ3) is 4.50. The maximum Gasteiger partial charge on any atom is 0.416 e. The molecule has 0 bridgehead atoms. The van der Waals surface area contributed by atoms with Crippen LogP contribution >= 0.6 is 11.6 Å². The number of halogens is 4. The second-order valence-electron chi connectivity index (χ2n) is 7.15. The Bertz CT molecular complexity index is 1110. The lowest BCUT2D eigenvalue weighted by Crippen LogP contribution is -2.49. The summed E-state index contributed by atoms with van der Waals surface area (Å²) < 4.78 is 45.6. The Morgan fingerprint density at radius 1 is 1.12 bits per heavy atom. The van der Waals surface area contributed by atoms with Crippen LogP contribution in [0.3, 0.4) is 0 Å². The Kier molecular flexibility index (Phi) is 5.96. The van der Waals surface area contributed by atoms with E-state index in [-0.39, 0.29) is 23.0 Å². The van der Waals surface area contributed by atoms with Crippen molar-refractivity contribution in [1.82, 2.24) is 19.7 Å². The number of anilines is 1. The van der Waals surface area contributed by atoms with Gasteiger partial charge in [-0.15, -0.1) is 0 Å². The largest absolute Gasteiger partial charge is 0.493 e. The molecule has 0 aliphatic carbocycles.